The van der Waals surface area contributed by atoms with E-state index < -0.39 is 20.0 Å². The molecule has 2 aliphatic carbocycles. The van der Waals surface area contributed by atoms with E-state index in [-0.39, 0.29) is 32.7 Å². The molecule has 10 nitrogen and oxygen atoms in total. The predicted molar refractivity (Wildman–Crippen MR) is 235 cm³/mol. The topological polar surface area (TPSA) is 103 Å². The molecule has 2 saturated heterocycles. The van der Waals surface area contributed by atoms with E-state index in [2.05, 4.69) is 35.8 Å². The average Bonchev–Trinajstić information content (AvgIpc) is 3.79. The van der Waals surface area contributed by atoms with E-state index >= 15 is 0 Å². The first-order valence-corrected chi connectivity index (χ1v) is 24.3. The summed E-state index contributed by atoms with van der Waals surface area (Å²) >= 11 is 0. The smallest absolute Gasteiger partial charge is 0.268 e. The molecule has 4 heterocycles. The van der Waals surface area contributed by atoms with Gasteiger partial charge in [0.1, 0.15) is 11.5 Å². The second kappa shape index (κ2) is 14.5. The van der Waals surface area contributed by atoms with Crippen LogP contribution in [-0.4, -0.2) is 75.0 Å². The van der Waals surface area contributed by atoms with E-state index in [9.17, 15) is 16.8 Å². The lowest BCUT2D eigenvalue weighted by Crippen LogP contribution is -2.52. The molecule has 12 heteroatoms. The maximum Gasteiger partial charge on any atom is 0.268 e. The lowest BCUT2D eigenvalue weighted by atomic mass is 9.64. The number of likely N-dealkylation sites (tertiary alicyclic amines) is 2. The van der Waals surface area contributed by atoms with Crippen molar-refractivity contribution in [2.75, 3.05) is 40.4 Å². The van der Waals surface area contributed by atoms with Crippen molar-refractivity contribution in [3.63, 3.8) is 0 Å². The molecule has 0 saturated carbocycles. The molecule has 0 spiro atoms. The number of ether oxygens (including phenoxy) is 2. The Kier molecular flexibility index (Phi) is 9.55. The first-order valence-electron chi connectivity index (χ1n) is 21.4. The maximum absolute atomic E-state index is 14.6. The van der Waals surface area contributed by atoms with Gasteiger partial charge < -0.3 is 9.47 Å². The highest BCUT2D eigenvalue weighted by Crippen LogP contribution is 2.57. The van der Waals surface area contributed by atoms with Crippen molar-refractivity contribution in [2.24, 2.45) is 10.8 Å². The molecule has 2 aromatic heterocycles. The fourth-order valence-electron chi connectivity index (χ4n) is 11.8. The van der Waals surface area contributed by atoms with E-state index in [0.29, 0.717) is 24.3 Å². The van der Waals surface area contributed by atoms with Gasteiger partial charge in [0.05, 0.1) is 35.0 Å². The lowest BCUT2D eigenvalue weighted by Gasteiger charge is -2.54. The Hall–Kier alpha value is -4.62. The Labute approximate surface area is 353 Å². The molecule has 0 N–H and O–H groups in total. The van der Waals surface area contributed by atoms with E-state index in [1.807, 2.05) is 36.4 Å². The molecule has 4 aliphatic rings. The van der Waals surface area contributed by atoms with E-state index in [1.165, 1.54) is 0 Å². The molecule has 4 aromatic carbocycles. The maximum atomic E-state index is 14.6. The van der Waals surface area contributed by atoms with Crippen LogP contribution >= 0.6 is 0 Å². The number of aromatic nitrogens is 2. The van der Waals surface area contributed by atoms with Crippen LogP contribution in [-0.2, 0) is 32.9 Å². The molecular weight excluding hydrogens is 793 g/mol. The molecule has 0 unspecified atom stereocenters. The third-order valence-electron chi connectivity index (χ3n) is 14.7. The number of hydrogen-bond donors (Lipinski definition) is 0. The number of benzene rings is 4. The van der Waals surface area contributed by atoms with Crippen molar-refractivity contribution >= 4 is 41.9 Å². The summed E-state index contributed by atoms with van der Waals surface area (Å²) < 4.78 is 72.5. The minimum absolute atomic E-state index is 0.0122. The number of hydrogen-bond acceptors (Lipinski definition) is 8. The number of piperidine rings is 2. The number of rotatable bonds is 9. The van der Waals surface area contributed by atoms with Crippen molar-refractivity contribution in [3.8, 4) is 11.5 Å². The van der Waals surface area contributed by atoms with E-state index in [4.69, 9.17) is 9.47 Å². The highest BCUT2D eigenvalue weighted by Gasteiger charge is 2.51. The van der Waals surface area contributed by atoms with Crippen LogP contribution in [0.3, 0.4) is 0 Å². The summed E-state index contributed by atoms with van der Waals surface area (Å²) in [6.07, 6.45) is 7.57. The quantitative estimate of drug-likeness (QED) is 0.142. The second-order valence-corrected chi connectivity index (χ2v) is 21.6. The molecule has 0 bridgehead atoms. The summed E-state index contributed by atoms with van der Waals surface area (Å²) in [6, 6.07) is 29.6. The molecule has 0 amide bonds. The van der Waals surface area contributed by atoms with E-state index in [0.717, 1.165) is 109 Å². The first-order chi connectivity index (χ1) is 28.9. The van der Waals surface area contributed by atoms with Gasteiger partial charge in [0.15, 0.2) is 0 Å². The molecule has 2 fully saturated rings. The Morgan fingerprint density at radius 1 is 0.550 bits per heavy atom. The van der Waals surface area contributed by atoms with Crippen LogP contribution in [0.25, 0.3) is 21.8 Å². The predicted octanol–water partition coefficient (Wildman–Crippen LogP) is 8.97. The van der Waals surface area contributed by atoms with Crippen LogP contribution < -0.4 is 9.47 Å². The second-order valence-electron chi connectivity index (χ2n) is 18.0. The molecule has 2 aliphatic heterocycles. The van der Waals surface area contributed by atoms with Gasteiger partial charge in [-0.1, -0.05) is 50.2 Å². The van der Waals surface area contributed by atoms with Crippen molar-refractivity contribution in [2.45, 2.75) is 87.1 Å². The summed E-state index contributed by atoms with van der Waals surface area (Å²) in [6.45, 7) is 8.36. The van der Waals surface area contributed by atoms with Crippen LogP contribution in [0.5, 0.6) is 11.5 Å². The number of methoxy groups -OCH3 is 2. The van der Waals surface area contributed by atoms with Gasteiger partial charge in [-0.2, -0.15) is 0 Å². The Bertz CT molecular complexity index is 2650. The van der Waals surface area contributed by atoms with Gasteiger partial charge in [-0.05, 0) is 147 Å². The van der Waals surface area contributed by atoms with Crippen LogP contribution in [0.15, 0.2) is 107 Å². The summed E-state index contributed by atoms with van der Waals surface area (Å²) in [5, 5.41) is 2.03. The summed E-state index contributed by atoms with van der Waals surface area (Å²) in [7, 11) is -4.65. The standard InChI is InChI=1S/C48H54N4O6S2/c1-47-25-9-29-49(45(47)43-37-11-5-7-13-39(37)51(41(43)23-27-47)59(53,54)35-19-15-33(57-3)16-20-35)31-32-50-30-10-26-48(2)28-24-42-44(46(48)50)38-12-6-8-14-40(38)52(42)60(55,56)36-21-17-34(58-4)18-22-36/h5-8,11-22,45-46H,9-10,23-32H2,1-4H3/t45-,46-,47+,48+/m0/s1. The molecule has 4 atom stereocenters. The monoisotopic (exact) mass is 846 g/mol. The largest absolute Gasteiger partial charge is 0.497 e. The van der Waals surface area contributed by atoms with Crippen molar-refractivity contribution in [3.05, 3.63) is 120 Å². The fraction of sp³-hybridized carbons (Fsp3) is 0.417. The van der Waals surface area contributed by atoms with Gasteiger partial charge >= 0.3 is 0 Å². The minimum Gasteiger partial charge on any atom is -0.497 e. The number of fused-ring (bicyclic) bond motifs is 10. The average molecular weight is 847 g/mol. The highest BCUT2D eigenvalue weighted by atomic mass is 32.2. The van der Waals surface area contributed by atoms with Crippen molar-refractivity contribution in [1.29, 1.82) is 0 Å². The summed E-state index contributed by atoms with van der Waals surface area (Å²) in [5.41, 5.74) is 5.55. The molecule has 60 heavy (non-hydrogen) atoms. The number of nitrogens with zero attached hydrogens (tertiary/aromatic N) is 4. The summed E-state index contributed by atoms with van der Waals surface area (Å²) in [4.78, 5) is 5.81. The van der Waals surface area contributed by atoms with Crippen molar-refractivity contribution in [1.82, 2.24) is 17.7 Å². The lowest BCUT2D eigenvalue weighted by molar-refractivity contribution is -0.0231. The van der Waals surface area contributed by atoms with Gasteiger partial charge in [0, 0.05) is 47.3 Å². The van der Waals surface area contributed by atoms with Crippen LogP contribution in [0.1, 0.15) is 87.0 Å². The molecule has 314 valence electrons. The highest BCUT2D eigenvalue weighted by molar-refractivity contribution is 7.90. The van der Waals surface area contributed by atoms with Gasteiger partial charge in [-0.15, -0.1) is 0 Å². The van der Waals surface area contributed by atoms with Gasteiger partial charge in [-0.25, -0.2) is 24.8 Å². The third-order valence-corrected chi connectivity index (χ3v) is 18.2. The Morgan fingerprint density at radius 3 is 1.32 bits per heavy atom. The first kappa shape index (κ1) is 39.5. The van der Waals surface area contributed by atoms with E-state index in [1.54, 1.807) is 70.7 Å². The van der Waals surface area contributed by atoms with Gasteiger partial charge in [0.25, 0.3) is 20.0 Å². The molecule has 6 aromatic rings. The SMILES string of the molecule is COc1ccc(S(=O)(=O)n2c3c(c4ccccc42)[C@@H]2N(CCN4CCC[C@]5(C)CCc6c(c7ccccc7n6S(=O)(=O)c6ccc(OC)cc6)[C@H]45)CCC[C@]2(C)CC3)cc1. The summed E-state index contributed by atoms with van der Waals surface area (Å²) in [5.74, 6) is 1.23. The van der Waals surface area contributed by atoms with Crippen LogP contribution in [0.4, 0.5) is 0 Å². The van der Waals surface area contributed by atoms with Gasteiger partial charge in [0.2, 0.25) is 0 Å². The number of para-hydroxylation sites is 2. The zero-order valence-electron chi connectivity index (χ0n) is 34.9. The normalized spacial score (nSPS) is 24.7. The minimum atomic E-state index is -3.91. The zero-order valence-corrected chi connectivity index (χ0v) is 36.6. The Balaban J connectivity index is 1.03. The Morgan fingerprint density at radius 2 is 0.933 bits per heavy atom. The fourth-order valence-corrected chi connectivity index (χ4v) is 15.0. The molecule has 10 rings (SSSR count). The molecular formula is C48H54N4O6S2. The zero-order chi connectivity index (χ0) is 41.6. The molecule has 0 radical (unpaired) electrons. The van der Waals surface area contributed by atoms with Crippen molar-refractivity contribution < 1.29 is 26.3 Å². The van der Waals surface area contributed by atoms with Gasteiger partial charge in [-0.3, -0.25) is 9.80 Å². The van der Waals surface area contributed by atoms with Crippen LogP contribution in [0, 0.1) is 10.8 Å². The van der Waals surface area contributed by atoms with Crippen LogP contribution in [0.2, 0.25) is 0 Å². The third kappa shape index (κ3) is 5.99.